The molecule has 1 amide bonds. The van der Waals surface area contributed by atoms with E-state index in [2.05, 4.69) is 15.5 Å². The summed E-state index contributed by atoms with van der Waals surface area (Å²) in [7, 11) is 3.71. The van der Waals surface area contributed by atoms with Gasteiger partial charge in [-0.05, 0) is 12.5 Å². The maximum absolute atomic E-state index is 12.3. The van der Waals surface area contributed by atoms with Crippen molar-refractivity contribution in [3.8, 4) is 0 Å². The number of benzene rings is 1. The van der Waals surface area contributed by atoms with Crippen LogP contribution in [-0.4, -0.2) is 25.5 Å². The molecule has 0 aliphatic carbocycles. The van der Waals surface area contributed by atoms with Crippen LogP contribution in [0.25, 0.3) is 10.9 Å². The van der Waals surface area contributed by atoms with Crippen LogP contribution in [0.3, 0.4) is 0 Å². The number of carbonyl (C=O) groups excluding carboxylic acids is 1. The monoisotopic (exact) mass is 297 g/mol. The summed E-state index contributed by atoms with van der Waals surface area (Å²) in [4.78, 5) is 12.3. The highest BCUT2D eigenvalue weighted by atomic mass is 16.1. The second-order valence-electron chi connectivity index (χ2n) is 5.31. The molecular formula is C16H19N5O. The molecule has 0 atom stereocenters. The molecule has 2 heterocycles. The zero-order valence-corrected chi connectivity index (χ0v) is 13.0. The Kier molecular flexibility index (Phi) is 3.66. The van der Waals surface area contributed by atoms with Crippen molar-refractivity contribution in [2.75, 3.05) is 5.32 Å². The second kappa shape index (κ2) is 5.63. The average molecular weight is 297 g/mol. The van der Waals surface area contributed by atoms with Gasteiger partial charge in [-0.1, -0.05) is 25.1 Å². The quantitative estimate of drug-likeness (QED) is 0.801. The lowest BCUT2D eigenvalue weighted by Crippen LogP contribution is -2.17. The number of anilines is 1. The summed E-state index contributed by atoms with van der Waals surface area (Å²) in [6, 6.07) is 9.81. The Hall–Kier alpha value is -2.63. The van der Waals surface area contributed by atoms with Crippen molar-refractivity contribution in [3.05, 3.63) is 41.7 Å². The van der Waals surface area contributed by atoms with Crippen LogP contribution < -0.4 is 5.32 Å². The number of nitrogens with zero attached hydrogens (tertiary/aromatic N) is 4. The maximum Gasteiger partial charge on any atom is 0.231 e. The Labute approximate surface area is 128 Å². The first-order chi connectivity index (χ1) is 10.6. The Bertz CT molecular complexity index is 830. The Balaban J connectivity index is 1.80. The molecule has 1 N–H and O–H groups in total. The van der Waals surface area contributed by atoms with Crippen LogP contribution in [0.5, 0.6) is 0 Å². The van der Waals surface area contributed by atoms with E-state index in [9.17, 15) is 4.79 Å². The predicted octanol–water partition coefficient (Wildman–Crippen LogP) is 2.05. The zero-order chi connectivity index (χ0) is 15.7. The number of amides is 1. The minimum absolute atomic E-state index is 0.0884. The van der Waals surface area contributed by atoms with E-state index in [1.807, 2.05) is 51.4 Å². The first kappa shape index (κ1) is 14.3. The standard InChI is InChI=1S/C16H19N5O/c1-4-11-9-15(21(3)18-11)17-16(22)10-13-12-7-5-6-8-14(12)20(2)19-13/h5-9H,4,10H2,1-3H3,(H,17,22). The summed E-state index contributed by atoms with van der Waals surface area (Å²) in [6.45, 7) is 2.04. The fourth-order valence-corrected chi connectivity index (χ4v) is 2.57. The number of hydrogen-bond donors (Lipinski definition) is 1. The van der Waals surface area contributed by atoms with E-state index in [1.54, 1.807) is 9.36 Å². The van der Waals surface area contributed by atoms with Gasteiger partial charge in [0.2, 0.25) is 5.91 Å². The molecule has 1 aromatic carbocycles. The third kappa shape index (κ3) is 2.59. The number of nitrogens with one attached hydrogen (secondary N) is 1. The highest BCUT2D eigenvalue weighted by Gasteiger charge is 2.14. The van der Waals surface area contributed by atoms with Crippen molar-refractivity contribution >= 4 is 22.6 Å². The smallest absolute Gasteiger partial charge is 0.231 e. The van der Waals surface area contributed by atoms with Gasteiger partial charge in [-0.3, -0.25) is 14.2 Å². The van der Waals surface area contributed by atoms with Gasteiger partial charge in [0.15, 0.2) is 0 Å². The van der Waals surface area contributed by atoms with Crippen molar-refractivity contribution < 1.29 is 4.79 Å². The normalized spacial score (nSPS) is 11.0. The molecule has 0 spiro atoms. The molecule has 0 aliphatic rings. The number of carbonyl (C=O) groups is 1. The molecule has 0 saturated heterocycles. The van der Waals surface area contributed by atoms with Crippen molar-refractivity contribution in [1.82, 2.24) is 19.6 Å². The third-order valence-electron chi connectivity index (χ3n) is 3.72. The summed E-state index contributed by atoms with van der Waals surface area (Å²) in [5.74, 6) is 0.622. The molecule has 2 aromatic heterocycles. The number of hydrogen-bond acceptors (Lipinski definition) is 3. The van der Waals surface area contributed by atoms with E-state index in [0.29, 0.717) is 5.82 Å². The summed E-state index contributed by atoms with van der Waals surface area (Å²) < 4.78 is 3.49. The number of aromatic nitrogens is 4. The fraction of sp³-hybridized carbons (Fsp3) is 0.312. The van der Waals surface area contributed by atoms with Crippen LogP contribution in [0.1, 0.15) is 18.3 Å². The molecule has 0 unspecified atom stereocenters. The van der Waals surface area contributed by atoms with Crippen molar-refractivity contribution in [2.24, 2.45) is 14.1 Å². The van der Waals surface area contributed by atoms with Gasteiger partial charge in [0, 0.05) is 25.5 Å². The molecule has 0 fully saturated rings. The molecule has 0 saturated carbocycles. The van der Waals surface area contributed by atoms with Gasteiger partial charge in [-0.15, -0.1) is 0 Å². The maximum atomic E-state index is 12.3. The van der Waals surface area contributed by atoms with Crippen LogP contribution in [0.4, 0.5) is 5.82 Å². The van der Waals surface area contributed by atoms with Crippen LogP contribution in [0, 0.1) is 0 Å². The van der Waals surface area contributed by atoms with E-state index < -0.39 is 0 Å². The molecule has 114 valence electrons. The molecule has 0 aliphatic heterocycles. The van der Waals surface area contributed by atoms with Gasteiger partial charge in [0.05, 0.1) is 23.3 Å². The lowest BCUT2D eigenvalue weighted by Gasteiger charge is -2.03. The lowest BCUT2D eigenvalue weighted by atomic mass is 10.1. The number of aryl methyl sites for hydroxylation is 3. The molecule has 0 radical (unpaired) electrons. The van der Waals surface area contributed by atoms with Gasteiger partial charge in [0.25, 0.3) is 0 Å². The van der Waals surface area contributed by atoms with Gasteiger partial charge >= 0.3 is 0 Å². The van der Waals surface area contributed by atoms with Crippen LogP contribution in [0.2, 0.25) is 0 Å². The molecule has 0 bridgehead atoms. The molecule has 6 heteroatoms. The number of fused-ring (bicyclic) bond motifs is 1. The van der Waals surface area contributed by atoms with E-state index in [1.165, 1.54) is 0 Å². The molecule has 3 rings (SSSR count). The first-order valence-electron chi connectivity index (χ1n) is 7.32. The van der Waals surface area contributed by atoms with Crippen molar-refractivity contribution in [2.45, 2.75) is 19.8 Å². The SMILES string of the molecule is CCc1cc(NC(=O)Cc2nn(C)c3ccccc23)n(C)n1. The van der Waals surface area contributed by atoms with Gasteiger partial charge < -0.3 is 5.32 Å². The van der Waals surface area contributed by atoms with Gasteiger partial charge in [-0.25, -0.2) is 0 Å². The minimum Gasteiger partial charge on any atom is -0.311 e. The average Bonchev–Trinajstić information content (AvgIpc) is 3.01. The Morgan fingerprint density at radius 2 is 1.95 bits per heavy atom. The topological polar surface area (TPSA) is 64.7 Å². The predicted molar refractivity (Wildman–Crippen MR) is 85.6 cm³/mol. The molecular weight excluding hydrogens is 278 g/mol. The molecule has 6 nitrogen and oxygen atoms in total. The fourth-order valence-electron chi connectivity index (χ4n) is 2.57. The highest BCUT2D eigenvalue weighted by molar-refractivity contribution is 5.94. The minimum atomic E-state index is -0.0884. The Morgan fingerprint density at radius 3 is 2.68 bits per heavy atom. The van der Waals surface area contributed by atoms with E-state index in [4.69, 9.17) is 0 Å². The van der Waals surface area contributed by atoms with Gasteiger partial charge in [-0.2, -0.15) is 10.2 Å². The van der Waals surface area contributed by atoms with Gasteiger partial charge in [0.1, 0.15) is 5.82 Å². The zero-order valence-electron chi connectivity index (χ0n) is 13.0. The second-order valence-corrected chi connectivity index (χ2v) is 5.31. The van der Waals surface area contributed by atoms with Crippen LogP contribution >= 0.6 is 0 Å². The molecule has 22 heavy (non-hydrogen) atoms. The van der Waals surface area contributed by atoms with Crippen LogP contribution in [0.15, 0.2) is 30.3 Å². The van der Waals surface area contributed by atoms with E-state index >= 15 is 0 Å². The van der Waals surface area contributed by atoms with E-state index in [0.717, 1.165) is 28.7 Å². The number of rotatable bonds is 4. The summed E-state index contributed by atoms with van der Waals surface area (Å²) in [5, 5.41) is 12.7. The summed E-state index contributed by atoms with van der Waals surface area (Å²) in [5.41, 5.74) is 2.77. The number of para-hydroxylation sites is 1. The first-order valence-corrected chi connectivity index (χ1v) is 7.32. The third-order valence-corrected chi connectivity index (χ3v) is 3.72. The van der Waals surface area contributed by atoms with Crippen molar-refractivity contribution in [3.63, 3.8) is 0 Å². The highest BCUT2D eigenvalue weighted by Crippen LogP contribution is 2.18. The largest absolute Gasteiger partial charge is 0.311 e. The summed E-state index contributed by atoms with van der Waals surface area (Å²) >= 11 is 0. The lowest BCUT2D eigenvalue weighted by molar-refractivity contribution is -0.115. The molecule has 3 aromatic rings. The van der Waals surface area contributed by atoms with E-state index in [-0.39, 0.29) is 12.3 Å². The van der Waals surface area contributed by atoms with Crippen LogP contribution in [-0.2, 0) is 31.7 Å². The Morgan fingerprint density at radius 1 is 1.18 bits per heavy atom. The van der Waals surface area contributed by atoms with Crippen molar-refractivity contribution in [1.29, 1.82) is 0 Å². The summed E-state index contributed by atoms with van der Waals surface area (Å²) in [6.07, 6.45) is 1.09.